The minimum Gasteiger partial charge on any atom is -0.367 e. The normalized spacial score (nSPS) is 10.8. The Hall–Kier alpha value is -2.65. The summed E-state index contributed by atoms with van der Waals surface area (Å²) in [5, 5.41) is 9.73. The average molecular weight is 369 g/mol. The lowest BCUT2D eigenvalue weighted by Gasteiger charge is -2.22. The van der Waals surface area contributed by atoms with Gasteiger partial charge in [-0.25, -0.2) is 4.39 Å². The molecule has 26 heavy (non-hydrogen) atoms. The van der Waals surface area contributed by atoms with Crippen LogP contribution in [0.3, 0.4) is 0 Å². The number of hydrogen-bond donors (Lipinski definition) is 0. The third-order valence-corrected chi connectivity index (χ3v) is 5.53. The zero-order valence-corrected chi connectivity index (χ0v) is 15.6. The Kier molecular flexibility index (Phi) is 5.38. The van der Waals surface area contributed by atoms with E-state index in [2.05, 4.69) is 24.0 Å². The molecule has 0 unspecified atom stereocenters. The first-order valence-electron chi connectivity index (χ1n) is 8.53. The summed E-state index contributed by atoms with van der Waals surface area (Å²) in [5.74, 6) is -0.250. The number of benzene rings is 1. The van der Waals surface area contributed by atoms with E-state index in [-0.39, 0.29) is 11.4 Å². The van der Waals surface area contributed by atoms with E-state index < -0.39 is 0 Å². The fourth-order valence-corrected chi connectivity index (χ4v) is 4.16. The molecule has 0 radical (unpaired) electrons. The molecular weight excluding hydrogens is 349 g/mol. The van der Waals surface area contributed by atoms with Crippen LogP contribution in [0.4, 0.5) is 10.1 Å². The number of hydrogen-bond acceptors (Lipinski definition) is 4. The largest absolute Gasteiger partial charge is 0.367 e. The number of halogens is 1. The molecule has 2 aromatic heterocycles. The Morgan fingerprint density at radius 3 is 2.65 bits per heavy atom. The van der Waals surface area contributed by atoms with Gasteiger partial charge in [0.15, 0.2) is 0 Å². The lowest BCUT2D eigenvalue weighted by atomic mass is 10.2. The van der Waals surface area contributed by atoms with Crippen LogP contribution >= 0.6 is 11.3 Å². The molecule has 1 aromatic carbocycles. The first kappa shape index (κ1) is 18.2. The molecule has 0 aliphatic heterocycles. The van der Waals surface area contributed by atoms with Crippen molar-refractivity contribution in [3.05, 3.63) is 63.1 Å². The van der Waals surface area contributed by atoms with E-state index in [0.29, 0.717) is 19.5 Å². The van der Waals surface area contributed by atoms with E-state index >= 15 is 0 Å². The molecule has 2 heterocycles. The van der Waals surface area contributed by atoms with E-state index in [9.17, 15) is 9.18 Å². The maximum absolute atomic E-state index is 13.2. The zero-order chi connectivity index (χ0) is 18.7. The standard InChI is InChI=1S/C20H20FN3OS/c1-3-23(17-7-5-16(21)6-8-17)13-18-12-15-11-14(2)24(10-4-9-22)20(25)19(15)26-18/h5-8,11-12H,3-4,10,13H2,1-2H3. The topological polar surface area (TPSA) is 49.0 Å². The van der Waals surface area contributed by atoms with Crippen LogP contribution in [0.1, 0.15) is 23.9 Å². The summed E-state index contributed by atoms with van der Waals surface area (Å²) in [6.07, 6.45) is 0.318. The van der Waals surface area contributed by atoms with Gasteiger partial charge in [0.1, 0.15) is 10.5 Å². The van der Waals surface area contributed by atoms with Gasteiger partial charge in [-0.2, -0.15) is 5.26 Å². The number of nitrogens with zero attached hydrogens (tertiary/aromatic N) is 3. The van der Waals surface area contributed by atoms with Crippen LogP contribution in [-0.2, 0) is 13.1 Å². The van der Waals surface area contributed by atoms with Gasteiger partial charge in [-0.3, -0.25) is 4.79 Å². The lowest BCUT2D eigenvalue weighted by Crippen LogP contribution is -2.21. The van der Waals surface area contributed by atoms with Crippen molar-refractivity contribution in [2.45, 2.75) is 33.4 Å². The maximum atomic E-state index is 13.2. The first-order valence-corrected chi connectivity index (χ1v) is 9.35. The van der Waals surface area contributed by atoms with Crippen molar-refractivity contribution in [2.75, 3.05) is 11.4 Å². The van der Waals surface area contributed by atoms with Crippen molar-refractivity contribution in [3.63, 3.8) is 0 Å². The number of fused-ring (bicyclic) bond motifs is 1. The van der Waals surface area contributed by atoms with Crippen LogP contribution in [0.25, 0.3) is 10.1 Å². The van der Waals surface area contributed by atoms with Crippen molar-refractivity contribution in [2.24, 2.45) is 0 Å². The Morgan fingerprint density at radius 1 is 1.27 bits per heavy atom. The van der Waals surface area contributed by atoms with Gasteiger partial charge in [-0.05, 0) is 50.2 Å². The van der Waals surface area contributed by atoms with Crippen molar-refractivity contribution < 1.29 is 4.39 Å². The second kappa shape index (κ2) is 7.71. The molecule has 3 aromatic rings. The SMILES string of the molecule is CCN(Cc1cc2cc(C)n(CCC#N)c(=O)c2s1)c1ccc(F)cc1. The van der Waals surface area contributed by atoms with Gasteiger partial charge in [-0.15, -0.1) is 11.3 Å². The minimum atomic E-state index is -0.250. The van der Waals surface area contributed by atoms with Crippen molar-refractivity contribution in [1.29, 1.82) is 5.26 Å². The predicted octanol–water partition coefficient (Wildman–Crippen LogP) is 4.45. The summed E-state index contributed by atoms with van der Waals surface area (Å²) in [4.78, 5) is 16.0. The maximum Gasteiger partial charge on any atom is 0.268 e. The Morgan fingerprint density at radius 2 is 2.00 bits per heavy atom. The second-order valence-electron chi connectivity index (χ2n) is 6.14. The summed E-state index contributed by atoms with van der Waals surface area (Å²) >= 11 is 1.49. The molecule has 3 rings (SSSR count). The first-order chi connectivity index (χ1) is 12.5. The summed E-state index contributed by atoms with van der Waals surface area (Å²) < 4.78 is 15.5. The van der Waals surface area contributed by atoms with Gasteiger partial charge in [0.2, 0.25) is 0 Å². The summed E-state index contributed by atoms with van der Waals surface area (Å²) in [6.45, 7) is 5.81. The monoisotopic (exact) mass is 369 g/mol. The Balaban J connectivity index is 1.93. The van der Waals surface area contributed by atoms with Gasteiger partial charge in [0.05, 0.1) is 19.0 Å². The summed E-state index contributed by atoms with van der Waals surface area (Å²) in [5.41, 5.74) is 1.79. The molecule has 0 bridgehead atoms. The second-order valence-corrected chi connectivity index (χ2v) is 7.28. The number of anilines is 1. The van der Waals surface area contributed by atoms with Crippen LogP contribution in [0.2, 0.25) is 0 Å². The molecule has 134 valence electrons. The Labute approximate surface area is 155 Å². The third kappa shape index (κ3) is 3.63. The molecule has 0 saturated carbocycles. The molecule has 0 amide bonds. The highest BCUT2D eigenvalue weighted by molar-refractivity contribution is 7.19. The highest BCUT2D eigenvalue weighted by Crippen LogP contribution is 2.27. The quantitative estimate of drug-likeness (QED) is 0.645. The molecule has 4 nitrogen and oxygen atoms in total. The van der Waals surface area contributed by atoms with E-state index in [1.807, 2.05) is 13.0 Å². The van der Waals surface area contributed by atoms with E-state index in [1.54, 1.807) is 16.7 Å². The van der Waals surface area contributed by atoms with E-state index in [1.165, 1.54) is 23.5 Å². The highest BCUT2D eigenvalue weighted by atomic mass is 32.1. The van der Waals surface area contributed by atoms with Gasteiger partial charge < -0.3 is 9.47 Å². The number of pyridine rings is 1. The average Bonchev–Trinajstić information content (AvgIpc) is 3.03. The van der Waals surface area contributed by atoms with Gasteiger partial charge in [0, 0.05) is 34.7 Å². The zero-order valence-electron chi connectivity index (χ0n) is 14.8. The molecule has 6 heteroatoms. The van der Waals surface area contributed by atoms with Crippen molar-refractivity contribution >= 4 is 27.1 Å². The molecule has 0 spiro atoms. The number of thiophene rings is 1. The number of aromatic nitrogens is 1. The van der Waals surface area contributed by atoms with Gasteiger partial charge >= 0.3 is 0 Å². The van der Waals surface area contributed by atoms with Crippen molar-refractivity contribution in [1.82, 2.24) is 4.57 Å². The predicted molar refractivity (Wildman–Crippen MR) is 104 cm³/mol. The fourth-order valence-electron chi connectivity index (χ4n) is 3.06. The van der Waals surface area contributed by atoms with Crippen LogP contribution < -0.4 is 10.5 Å². The number of nitriles is 1. The Bertz CT molecular complexity index is 1010. The lowest BCUT2D eigenvalue weighted by molar-refractivity contribution is 0.627. The molecule has 0 N–H and O–H groups in total. The van der Waals surface area contributed by atoms with Crippen molar-refractivity contribution in [3.8, 4) is 6.07 Å². The minimum absolute atomic E-state index is 0.0312. The molecular formula is C20H20FN3OS. The van der Waals surface area contributed by atoms with Gasteiger partial charge in [0.25, 0.3) is 5.56 Å². The molecule has 0 aliphatic rings. The molecule has 0 saturated heterocycles. The van der Waals surface area contributed by atoms with E-state index in [4.69, 9.17) is 5.26 Å². The van der Waals surface area contributed by atoms with E-state index in [0.717, 1.165) is 32.9 Å². The van der Waals surface area contributed by atoms with Crippen LogP contribution in [0, 0.1) is 24.1 Å². The number of rotatable bonds is 6. The summed E-state index contributed by atoms with van der Waals surface area (Å²) in [7, 11) is 0. The fraction of sp³-hybridized carbons (Fsp3) is 0.300. The van der Waals surface area contributed by atoms with Gasteiger partial charge in [-0.1, -0.05) is 0 Å². The highest BCUT2D eigenvalue weighted by Gasteiger charge is 2.13. The summed E-state index contributed by atoms with van der Waals surface area (Å²) in [6, 6.07) is 12.6. The molecule has 0 atom stereocenters. The van der Waals surface area contributed by atoms with Crippen LogP contribution in [0.15, 0.2) is 41.2 Å². The van der Waals surface area contributed by atoms with Crippen LogP contribution in [-0.4, -0.2) is 11.1 Å². The molecule has 0 aliphatic carbocycles. The third-order valence-electron chi connectivity index (χ3n) is 4.41. The van der Waals surface area contributed by atoms with Crippen LogP contribution in [0.5, 0.6) is 0 Å². The number of aryl methyl sites for hydroxylation is 1. The smallest absolute Gasteiger partial charge is 0.268 e. The molecule has 0 fully saturated rings.